The summed E-state index contributed by atoms with van der Waals surface area (Å²) >= 11 is 0. The maximum atomic E-state index is 12.5. The Labute approximate surface area is 153 Å². The number of carboxylic acids is 1. The van der Waals surface area contributed by atoms with Crippen molar-refractivity contribution in [1.29, 1.82) is 0 Å². The number of methoxy groups -OCH3 is 3. The van der Waals surface area contributed by atoms with Crippen molar-refractivity contribution in [2.75, 3.05) is 34.4 Å². The van der Waals surface area contributed by atoms with Crippen molar-refractivity contribution in [2.24, 2.45) is 5.92 Å². The SMILES string of the molecule is COc1cc(C(C)NC(=O)N2CCCC(C(=O)O)C2)cc(OC)c1OC. The fraction of sp³-hybridized carbons (Fsp3) is 0.556. The molecular weight excluding hydrogens is 340 g/mol. The first-order chi connectivity index (χ1) is 12.4. The average Bonchev–Trinajstić information content (AvgIpc) is 2.66. The predicted molar refractivity (Wildman–Crippen MR) is 95.0 cm³/mol. The molecule has 0 saturated carbocycles. The molecule has 1 aliphatic rings. The van der Waals surface area contributed by atoms with Crippen LogP contribution in [0.3, 0.4) is 0 Å². The van der Waals surface area contributed by atoms with E-state index < -0.39 is 11.9 Å². The summed E-state index contributed by atoms with van der Waals surface area (Å²) in [6.45, 7) is 2.62. The third-order valence-electron chi connectivity index (χ3n) is 4.58. The number of hydrogen-bond acceptors (Lipinski definition) is 5. The Kier molecular flexibility index (Phi) is 6.54. The molecular formula is C18H26N2O6. The molecule has 0 aliphatic carbocycles. The molecule has 2 rings (SSSR count). The van der Waals surface area contributed by atoms with Crippen molar-refractivity contribution in [2.45, 2.75) is 25.8 Å². The summed E-state index contributed by atoms with van der Waals surface area (Å²) in [4.78, 5) is 25.2. The average molecular weight is 366 g/mol. The molecule has 8 nitrogen and oxygen atoms in total. The summed E-state index contributed by atoms with van der Waals surface area (Å²) in [6.07, 6.45) is 1.28. The van der Waals surface area contributed by atoms with Gasteiger partial charge in [0.05, 0.1) is 33.3 Å². The van der Waals surface area contributed by atoms with Crippen LogP contribution >= 0.6 is 0 Å². The summed E-state index contributed by atoms with van der Waals surface area (Å²) in [5, 5.41) is 12.1. The van der Waals surface area contributed by atoms with Gasteiger partial charge in [0.2, 0.25) is 5.75 Å². The van der Waals surface area contributed by atoms with Gasteiger partial charge in [-0.15, -0.1) is 0 Å². The van der Waals surface area contributed by atoms with Crippen molar-refractivity contribution in [3.63, 3.8) is 0 Å². The zero-order valence-corrected chi connectivity index (χ0v) is 15.6. The molecule has 26 heavy (non-hydrogen) atoms. The molecule has 1 aliphatic heterocycles. The molecule has 1 fully saturated rings. The minimum atomic E-state index is -0.861. The highest BCUT2D eigenvalue weighted by atomic mass is 16.5. The lowest BCUT2D eigenvalue weighted by molar-refractivity contribution is -0.143. The van der Waals surface area contributed by atoms with Crippen molar-refractivity contribution in [3.05, 3.63) is 17.7 Å². The minimum Gasteiger partial charge on any atom is -0.493 e. The van der Waals surface area contributed by atoms with Crippen LogP contribution < -0.4 is 19.5 Å². The number of hydrogen-bond donors (Lipinski definition) is 2. The second kappa shape index (κ2) is 8.64. The van der Waals surface area contributed by atoms with Crippen LogP contribution in [0.15, 0.2) is 12.1 Å². The number of urea groups is 1. The number of carbonyl (C=O) groups excluding carboxylic acids is 1. The maximum absolute atomic E-state index is 12.5. The van der Waals surface area contributed by atoms with Crippen molar-refractivity contribution in [3.8, 4) is 17.2 Å². The number of nitrogens with zero attached hydrogens (tertiary/aromatic N) is 1. The largest absolute Gasteiger partial charge is 0.493 e. The lowest BCUT2D eigenvalue weighted by Crippen LogP contribution is -2.47. The van der Waals surface area contributed by atoms with Gasteiger partial charge >= 0.3 is 12.0 Å². The molecule has 8 heteroatoms. The molecule has 0 radical (unpaired) electrons. The molecule has 0 spiro atoms. The highest BCUT2D eigenvalue weighted by molar-refractivity contribution is 5.77. The molecule has 2 N–H and O–H groups in total. The molecule has 1 aromatic carbocycles. The van der Waals surface area contributed by atoms with E-state index >= 15 is 0 Å². The number of likely N-dealkylation sites (tertiary alicyclic amines) is 1. The van der Waals surface area contributed by atoms with E-state index in [2.05, 4.69) is 5.32 Å². The van der Waals surface area contributed by atoms with Gasteiger partial charge in [-0.1, -0.05) is 0 Å². The third kappa shape index (κ3) is 4.30. The van der Waals surface area contributed by atoms with E-state index in [0.29, 0.717) is 36.6 Å². The first-order valence-corrected chi connectivity index (χ1v) is 8.49. The molecule has 2 unspecified atom stereocenters. The van der Waals surface area contributed by atoms with Gasteiger partial charge in [-0.05, 0) is 37.5 Å². The number of rotatable bonds is 6. The molecule has 2 atom stereocenters. The molecule has 1 aromatic rings. The van der Waals surface area contributed by atoms with Crippen LogP contribution in [0, 0.1) is 5.92 Å². The van der Waals surface area contributed by atoms with Gasteiger partial charge in [-0.2, -0.15) is 0 Å². The number of ether oxygens (including phenoxy) is 3. The van der Waals surface area contributed by atoms with Crippen LogP contribution in [0.4, 0.5) is 4.79 Å². The van der Waals surface area contributed by atoms with Gasteiger partial charge in [0.1, 0.15) is 0 Å². The van der Waals surface area contributed by atoms with Crippen molar-refractivity contribution < 1.29 is 28.9 Å². The number of amides is 2. The van der Waals surface area contributed by atoms with Crippen molar-refractivity contribution >= 4 is 12.0 Å². The van der Waals surface area contributed by atoms with Gasteiger partial charge in [0.25, 0.3) is 0 Å². The first-order valence-electron chi connectivity index (χ1n) is 8.49. The highest BCUT2D eigenvalue weighted by Gasteiger charge is 2.29. The number of nitrogens with one attached hydrogen (secondary N) is 1. The molecule has 2 amide bonds. The van der Waals surface area contributed by atoms with E-state index in [4.69, 9.17) is 19.3 Å². The summed E-state index contributed by atoms with van der Waals surface area (Å²) in [5.41, 5.74) is 0.791. The second-order valence-electron chi connectivity index (χ2n) is 6.25. The Morgan fingerprint density at radius 2 is 1.81 bits per heavy atom. The molecule has 1 saturated heterocycles. The van der Waals surface area contributed by atoms with Crippen LogP contribution in [0.2, 0.25) is 0 Å². The van der Waals surface area contributed by atoms with E-state index in [1.807, 2.05) is 6.92 Å². The number of carboxylic acid groups (broad SMARTS) is 1. The number of carbonyl (C=O) groups is 2. The smallest absolute Gasteiger partial charge is 0.317 e. The monoisotopic (exact) mass is 366 g/mol. The lowest BCUT2D eigenvalue weighted by atomic mass is 9.98. The Hall–Kier alpha value is -2.64. The Morgan fingerprint density at radius 1 is 1.19 bits per heavy atom. The zero-order valence-electron chi connectivity index (χ0n) is 15.6. The van der Waals surface area contributed by atoms with Crippen molar-refractivity contribution in [1.82, 2.24) is 10.2 Å². The normalized spacial score (nSPS) is 18.0. The fourth-order valence-corrected chi connectivity index (χ4v) is 3.07. The number of piperidine rings is 1. The maximum Gasteiger partial charge on any atom is 0.317 e. The summed E-state index contributed by atoms with van der Waals surface area (Å²) in [7, 11) is 4.59. The van der Waals surface area contributed by atoms with E-state index in [-0.39, 0.29) is 18.6 Å². The highest BCUT2D eigenvalue weighted by Crippen LogP contribution is 2.39. The number of aliphatic carboxylic acids is 1. The summed E-state index contributed by atoms with van der Waals surface area (Å²) in [6, 6.07) is 2.96. The topological polar surface area (TPSA) is 97.3 Å². The zero-order chi connectivity index (χ0) is 19.3. The lowest BCUT2D eigenvalue weighted by Gasteiger charge is -2.32. The molecule has 1 heterocycles. The van der Waals surface area contributed by atoms with Gasteiger partial charge < -0.3 is 29.5 Å². The van der Waals surface area contributed by atoms with Crippen LogP contribution in [0.5, 0.6) is 17.2 Å². The van der Waals surface area contributed by atoms with Crippen LogP contribution in [-0.4, -0.2) is 56.4 Å². The van der Waals surface area contributed by atoms with Gasteiger partial charge in [0, 0.05) is 13.1 Å². The van der Waals surface area contributed by atoms with Crippen LogP contribution in [-0.2, 0) is 4.79 Å². The predicted octanol–water partition coefficient (Wildman–Crippen LogP) is 2.28. The van der Waals surface area contributed by atoms with Gasteiger partial charge in [-0.3, -0.25) is 4.79 Å². The first kappa shape index (κ1) is 19.7. The van der Waals surface area contributed by atoms with Gasteiger partial charge in [0.15, 0.2) is 11.5 Å². The van der Waals surface area contributed by atoms with E-state index in [1.165, 1.54) is 21.3 Å². The van der Waals surface area contributed by atoms with E-state index in [1.54, 1.807) is 17.0 Å². The van der Waals surface area contributed by atoms with E-state index in [0.717, 1.165) is 5.56 Å². The Bertz CT molecular complexity index is 638. The summed E-state index contributed by atoms with van der Waals surface area (Å²) < 4.78 is 16.0. The Balaban J connectivity index is 2.12. The van der Waals surface area contributed by atoms with Gasteiger partial charge in [-0.25, -0.2) is 4.79 Å². The standard InChI is InChI=1S/C18H26N2O6/c1-11(13-8-14(24-2)16(26-4)15(9-13)25-3)19-18(23)20-7-5-6-12(10-20)17(21)22/h8-9,11-12H,5-7,10H2,1-4H3,(H,19,23)(H,21,22). The molecule has 144 valence electrons. The Morgan fingerprint density at radius 3 is 2.31 bits per heavy atom. The van der Waals surface area contributed by atoms with Crippen LogP contribution in [0.25, 0.3) is 0 Å². The summed E-state index contributed by atoms with van der Waals surface area (Å²) in [5.74, 6) is 0.127. The third-order valence-corrected chi connectivity index (χ3v) is 4.58. The molecule has 0 aromatic heterocycles. The minimum absolute atomic E-state index is 0.225. The molecule has 0 bridgehead atoms. The second-order valence-corrected chi connectivity index (χ2v) is 6.25. The fourth-order valence-electron chi connectivity index (χ4n) is 3.07. The number of benzene rings is 1. The van der Waals surface area contributed by atoms with Crippen LogP contribution in [0.1, 0.15) is 31.4 Å². The quantitative estimate of drug-likeness (QED) is 0.802. The van der Waals surface area contributed by atoms with E-state index in [9.17, 15) is 9.59 Å².